The zero-order valence-corrected chi connectivity index (χ0v) is 21.6. The highest BCUT2D eigenvalue weighted by molar-refractivity contribution is 6.09. The van der Waals surface area contributed by atoms with E-state index in [2.05, 4.69) is 58.3 Å². The Balaban J connectivity index is 1.11. The van der Waals surface area contributed by atoms with Gasteiger partial charge in [0.2, 0.25) is 5.60 Å². The molecule has 6 heteroatoms. The van der Waals surface area contributed by atoms with Crippen molar-refractivity contribution in [3.05, 3.63) is 131 Å². The minimum Gasteiger partial charge on any atom is -0.422 e. The Bertz CT molecular complexity index is 1450. The van der Waals surface area contributed by atoms with Crippen LogP contribution in [0.2, 0.25) is 0 Å². The van der Waals surface area contributed by atoms with Crippen molar-refractivity contribution in [3.8, 4) is 11.1 Å². The van der Waals surface area contributed by atoms with Crippen LogP contribution in [0.5, 0.6) is 0 Å². The van der Waals surface area contributed by atoms with Crippen molar-refractivity contribution >= 4 is 12.0 Å². The fourth-order valence-corrected chi connectivity index (χ4v) is 6.41. The summed E-state index contributed by atoms with van der Waals surface area (Å²) >= 11 is 0. The normalized spacial score (nSPS) is 18.4. The summed E-state index contributed by atoms with van der Waals surface area (Å²) in [5.41, 5.74) is 4.48. The second-order valence-electron chi connectivity index (χ2n) is 10.4. The van der Waals surface area contributed by atoms with Crippen molar-refractivity contribution in [2.24, 2.45) is 0 Å². The molecule has 0 radical (unpaired) electrons. The first-order valence-electron chi connectivity index (χ1n) is 13.5. The van der Waals surface area contributed by atoms with Gasteiger partial charge in [0, 0.05) is 37.3 Å². The fourth-order valence-electron chi connectivity index (χ4n) is 6.41. The van der Waals surface area contributed by atoms with Gasteiger partial charge in [-0.15, -0.1) is 0 Å². The number of imide groups is 1. The molecule has 6 nitrogen and oxygen atoms in total. The van der Waals surface area contributed by atoms with E-state index < -0.39 is 11.7 Å². The first-order valence-corrected chi connectivity index (χ1v) is 13.5. The number of carbonyl (C=O) groups excluding carboxylic acids is 2. The van der Waals surface area contributed by atoms with Gasteiger partial charge >= 0.3 is 6.09 Å². The van der Waals surface area contributed by atoms with Crippen LogP contribution in [-0.2, 0) is 15.1 Å². The van der Waals surface area contributed by atoms with Crippen molar-refractivity contribution in [1.29, 1.82) is 0 Å². The summed E-state index contributed by atoms with van der Waals surface area (Å²) in [6.45, 7) is 3.35. The van der Waals surface area contributed by atoms with E-state index in [1.165, 1.54) is 16.0 Å². The third kappa shape index (κ3) is 3.79. The van der Waals surface area contributed by atoms with Gasteiger partial charge in [-0.05, 0) is 22.3 Å². The fraction of sp³-hybridized carbons (Fsp3) is 0.212. The Hall–Kier alpha value is -4.26. The van der Waals surface area contributed by atoms with Gasteiger partial charge in [-0.25, -0.2) is 9.69 Å². The van der Waals surface area contributed by atoms with Crippen LogP contribution in [0.3, 0.4) is 0 Å². The highest BCUT2D eigenvalue weighted by Crippen LogP contribution is 2.52. The van der Waals surface area contributed by atoms with Gasteiger partial charge in [-0.3, -0.25) is 14.6 Å². The number of benzene rings is 4. The average Bonchev–Trinajstić information content (AvgIpc) is 3.42. The summed E-state index contributed by atoms with van der Waals surface area (Å²) in [5.74, 6) is -0.307. The minimum absolute atomic E-state index is 0.155. The van der Waals surface area contributed by atoms with E-state index in [1.807, 2.05) is 60.7 Å². The van der Waals surface area contributed by atoms with Crippen LogP contribution in [-0.4, -0.2) is 59.5 Å². The predicted octanol–water partition coefficient (Wildman–Crippen LogP) is 5.25. The standard InChI is InChI=1S/C33H29N3O3/c37-31-33(28-17-9-7-15-26(28)27-16-8-10-18-29(27)33)39-32(38)36(31)23-34-19-21-35(22-20-34)30(24-11-3-1-4-12-24)25-13-5-2-6-14-25/h1-18,30H,19-23H2. The molecule has 194 valence electrons. The molecule has 4 aromatic rings. The molecular formula is C33H29N3O3. The lowest BCUT2D eigenvalue weighted by Gasteiger charge is -2.40. The zero-order valence-electron chi connectivity index (χ0n) is 21.6. The number of hydrogen-bond acceptors (Lipinski definition) is 5. The second kappa shape index (κ2) is 9.49. The van der Waals surface area contributed by atoms with Crippen LogP contribution < -0.4 is 0 Å². The van der Waals surface area contributed by atoms with Gasteiger partial charge in [-0.1, -0.05) is 109 Å². The van der Waals surface area contributed by atoms with Crippen molar-refractivity contribution in [2.45, 2.75) is 11.6 Å². The number of piperazine rings is 1. The number of hydrogen-bond donors (Lipinski definition) is 0. The molecule has 4 aromatic carbocycles. The van der Waals surface area contributed by atoms with Gasteiger partial charge in [-0.2, -0.15) is 0 Å². The Kier molecular flexibility index (Phi) is 5.80. The molecule has 1 aliphatic carbocycles. The molecule has 1 spiro atoms. The van der Waals surface area contributed by atoms with Crippen LogP contribution in [0.15, 0.2) is 109 Å². The molecule has 3 aliphatic rings. The smallest absolute Gasteiger partial charge is 0.419 e. The van der Waals surface area contributed by atoms with Crippen molar-refractivity contribution in [3.63, 3.8) is 0 Å². The maximum absolute atomic E-state index is 14.0. The van der Waals surface area contributed by atoms with Crippen molar-refractivity contribution < 1.29 is 14.3 Å². The van der Waals surface area contributed by atoms with E-state index in [9.17, 15) is 9.59 Å². The number of amides is 2. The maximum atomic E-state index is 14.0. The number of nitrogens with zero attached hydrogens (tertiary/aromatic N) is 3. The topological polar surface area (TPSA) is 53.1 Å². The number of ether oxygens (including phenoxy) is 1. The molecule has 0 bridgehead atoms. The summed E-state index contributed by atoms with van der Waals surface area (Å²) < 4.78 is 6.00. The van der Waals surface area contributed by atoms with E-state index in [-0.39, 0.29) is 18.6 Å². The van der Waals surface area contributed by atoms with E-state index in [4.69, 9.17) is 4.74 Å². The number of fused-ring (bicyclic) bond motifs is 5. The first kappa shape index (κ1) is 23.8. The van der Waals surface area contributed by atoms with E-state index >= 15 is 0 Å². The zero-order chi connectivity index (χ0) is 26.4. The molecule has 2 saturated heterocycles. The molecule has 2 amide bonds. The molecule has 2 aliphatic heterocycles. The SMILES string of the molecule is O=C1OC2(C(=O)N1CN1CCN(C(c3ccccc3)c3ccccc3)CC1)c1ccccc1-c1ccccc12. The summed E-state index contributed by atoms with van der Waals surface area (Å²) in [7, 11) is 0. The van der Waals surface area contributed by atoms with Gasteiger partial charge in [0.15, 0.2) is 0 Å². The Morgan fingerprint density at radius 3 is 1.67 bits per heavy atom. The Labute approximate surface area is 228 Å². The number of rotatable bonds is 5. The number of carbonyl (C=O) groups is 2. The molecule has 0 aromatic heterocycles. The van der Waals surface area contributed by atoms with E-state index in [0.29, 0.717) is 0 Å². The Morgan fingerprint density at radius 1 is 0.641 bits per heavy atom. The van der Waals surface area contributed by atoms with Crippen LogP contribution in [0.4, 0.5) is 4.79 Å². The van der Waals surface area contributed by atoms with Crippen molar-refractivity contribution in [2.75, 3.05) is 32.8 Å². The van der Waals surface area contributed by atoms with E-state index in [0.717, 1.165) is 48.4 Å². The summed E-state index contributed by atoms with van der Waals surface area (Å²) in [6, 6.07) is 36.8. The first-order chi connectivity index (χ1) is 19.2. The highest BCUT2D eigenvalue weighted by Gasteiger charge is 2.60. The molecule has 2 fully saturated rings. The minimum atomic E-state index is -1.40. The third-order valence-electron chi connectivity index (χ3n) is 8.25. The lowest BCUT2D eigenvalue weighted by atomic mass is 9.90. The molecule has 7 rings (SSSR count). The van der Waals surface area contributed by atoms with Crippen LogP contribution in [0.1, 0.15) is 28.3 Å². The van der Waals surface area contributed by atoms with Crippen LogP contribution >= 0.6 is 0 Å². The van der Waals surface area contributed by atoms with Crippen LogP contribution in [0, 0.1) is 0 Å². The molecule has 2 heterocycles. The molecule has 0 unspecified atom stereocenters. The van der Waals surface area contributed by atoms with Crippen LogP contribution in [0.25, 0.3) is 11.1 Å². The van der Waals surface area contributed by atoms with Gasteiger partial charge in [0.05, 0.1) is 12.7 Å². The lowest BCUT2D eigenvalue weighted by Crippen LogP contribution is -2.52. The second-order valence-corrected chi connectivity index (χ2v) is 10.4. The largest absolute Gasteiger partial charge is 0.422 e. The van der Waals surface area contributed by atoms with Gasteiger partial charge in [0.25, 0.3) is 5.91 Å². The molecule has 0 atom stereocenters. The molecule has 0 saturated carbocycles. The summed E-state index contributed by atoms with van der Waals surface area (Å²) in [4.78, 5) is 33.2. The highest BCUT2D eigenvalue weighted by atomic mass is 16.6. The molecule has 0 N–H and O–H groups in total. The lowest BCUT2D eigenvalue weighted by molar-refractivity contribution is -0.136. The molecular weight excluding hydrogens is 486 g/mol. The van der Waals surface area contributed by atoms with E-state index in [1.54, 1.807) is 0 Å². The van der Waals surface area contributed by atoms with Gasteiger partial charge < -0.3 is 4.74 Å². The third-order valence-corrected chi connectivity index (χ3v) is 8.25. The average molecular weight is 516 g/mol. The summed E-state index contributed by atoms with van der Waals surface area (Å²) in [6.07, 6.45) is -0.583. The molecule has 39 heavy (non-hydrogen) atoms. The maximum Gasteiger partial charge on any atom is 0.419 e. The summed E-state index contributed by atoms with van der Waals surface area (Å²) in [5, 5.41) is 0. The monoisotopic (exact) mass is 515 g/mol. The van der Waals surface area contributed by atoms with Crippen molar-refractivity contribution in [1.82, 2.24) is 14.7 Å². The predicted molar refractivity (Wildman–Crippen MR) is 149 cm³/mol. The Morgan fingerprint density at radius 2 is 1.13 bits per heavy atom. The quantitative estimate of drug-likeness (QED) is 0.363. The van der Waals surface area contributed by atoms with Gasteiger partial charge in [0.1, 0.15) is 0 Å².